The van der Waals surface area contributed by atoms with Gasteiger partial charge in [0.2, 0.25) is 0 Å². The van der Waals surface area contributed by atoms with E-state index in [9.17, 15) is 0 Å². The van der Waals surface area contributed by atoms with Crippen molar-refractivity contribution in [2.24, 2.45) is 0 Å². The molecule has 0 amide bonds. The van der Waals surface area contributed by atoms with Crippen LogP contribution in [0.3, 0.4) is 0 Å². The molecule has 9 aromatic rings. The predicted octanol–water partition coefficient (Wildman–Crippen LogP) is 12.0. The van der Waals surface area contributed by atoms with Crippen LogP contribution in [0, 0.1) is 0 Å². The molecule has 0 radical (unpaired) electrons. The number of rotatable bonds is 3. The van der Waals surface area contributed by atoms with Crippen molar-refractivity contribution < 1.29 is 4.42 Å². The Bertz CT molecular complexity index is 2440. The van der Waals surface area contributed by atoms with Gasteiger partial charge in [0.15, 0.2) is 0 Å². The largest absolute Gasteiger partial charge is 0.456 e. The maximum absolute atomic E-state index is 6.13. The first-order chi connectivity index (χ1) is 21.3. The van der Waals surface area contributed by atoms with Gasteiger partial charge < -0.3 is 4.42 Å². The summed E-state index contributed by atoms with van der Waals surface area (Å²) >= 11 is 0. The molecule has 0 spiro atoms. The van der Waals surface area contributed by atoms with Gasteiger partial charge in [0.05, 0.1) is 0 Å². The Morgan fingerprint density at radius 3 is 1.44 bits per heavy atom. The van der Waals surface area contributed by atoms with Crippen LogP contribution in [0.5, 0.6) is 0 Å². The van der Waals surface area contributed by atoms with E-state index in [0.717, 1.165) is 21.9 Å². The zero-order chi connectivity index (χ0) is 28.3. The van der Waals surface area contributed by atoms with Crippen LogP contribution in [0.25, 0.3) is 87.6 Å². The molecule has 0 saturated heterocycles. The first-order valence-corrected chi connectivity index (χ1v) is 14.8. The van der Waals surface area contributed by atoms with Gasteiger partial charge in [0.25, 0.3) is 0 Å². The third-order valence-corrected chi connectivity index (χ3v) is 8.88. The van der Waals surface area contributed by atoms with Gasteiger partial charge in [-0.15, -0.1) is 0 Å². The van der Waals surface area contributed by atoms with E-state index in [1.165, 1.54) is 65.7 Å². The Morgan fingerprint density at radius 1 is 0.279 bits per heavy atom. The summed E-state index contributed by atoms with van der Waals surface area (Å²) in [7, 11) is 0. The second-order valence-corrected chi connectivity index (χ2v) is 11.2. The highest BCUT2D eigenvalue weighted by molar-refractivity contribution is 6.24. The monoisotopic (exact) mass is 546 g/mol. The number of fused-ring (bicyclic) bond motifs is 6. The predicted molar refractivity (Wildman–Crippen MR) is 183 cm³/mol. The zero-order valence-corrected chi connectivity index (χ0v) is 23.4. The standard InChI is InChI=1S/C42H26O/c1-2-12-27(13-3-1)41-33-17-6-8-19-35(33)42(36-20-9-7-18-34(36)41)37-24-23-29(30-14-4-5-15-31(30)37)28-22-25-40-38(26-28)32-16-10-11-21-39(32)43-40/h1-26H. The van der Waals surface area contributed by atoms with Gasteiger partial charge in [-0.05, 0) is 83.9 Å². The van der Waals surface area contributed by atoms with Crippen LogP contribution in [0.1, 0.15) is 0 Å². The lowest BCUT2D eigenvalue weighted by molar-refractivity contribution is 0.669. The first-order valence-electron chi connectivity index (χ1n) is 14.8. The van der Waals surface area contributed by atoms with Crippen LogP contribution in [-0.2, 0) is 0 Å². The van der Waals surface area contributed by atoms with Crippen LogP contribution in [0.15, 0.2) is 162 Å². The molecule has 1 nitrogen and oxygen atoms in total. The second kappa shape index (κ2) is 9.44. The highest BCUT2D eigenvalue weighted by Gasteiger charge is 2.19. The quantitative estimate of drug-likeness (QED) is 0.201. The van der Waals surface area contributed by atoms with E-state index in [1.54, 1.807) is 0 Å². The van der Waals surface area contributed by atoms with Gasteiger partial charge in [-0.25, -0.2) is 0 Å². The number of hydrogen-bond donors (Lipinski definition) is 0. The minimum Gasteiger partial charge on any atom is -0.456 e. The summed E-state index contributed by atoms with van der Waals surface area (Å²) in [5.41, 5.74) is 9.32. The Kier molecular flexibility index (Phi) is 5.27. The van der Waals surface area contributed by atoms with Crippen molar-refractivity contribution in [1.82, 2.24) is 0 Å². The smallest absolute Gasteiger partial charge is 0.135 e. The molecular formula is C42H26O. The second-order valence-electron chi connectivity index (χ2n) is 11.2. The number of benzene rings is 8. The minimum atomic E-state index is 0.919. The van der Waals surface area contributed by atoms with Crippen molar-refractivity contribution in [1.29, 1.82) is 0 Å². The maximum Gasteiger partial charge on any atom is 0.135 e. The molecule has 0 fully saturated rings. The van der Waals surface area contributed by atoms with Crippen molar-refractivity contribution >= 4 is 54.3 Å². The van der Waals surface area contributed by atoms with Crippen molar-refractivity contribution in [3.8, 4) is 33.4 Å². The highest BCUT2D eigenvalue weighted by atomic mass is 16.3. The summed E-state index contributed by atoms with van der Waals surface area (Å²) in [4.78, 5) is 0. The Balaban J connectivity index is 1.34. The van der Waals surface area contributed by atoms with Crippen LogP contribution in [0.4, 0.5) is 0 Å². The molecule has 8 aromatic carbocycles. The minimum absolute atomic E-state index is 0.919. The van der Waals surface area contributed by atoms with E-state index in [0.29, 0.717) is 0 Å². The SMILES string of the molecule is c1ccc(-c2c3ccccc3c(-c3ccc(-c4ccc5oc6ccccc6c5c4)c4ccccc34)c3ccccc23)cc1. The molecule has 0 N–H and O–H groups in total. The van der Waals surface area contributed by atoms with Gasteiger partial charge in [0, 0.05) is 10.8 Å². The topological polar surface area (TPSA) is 13.1 Å². The maximum atomic E-state index is 6.13. The van der Waals surface area contributed by atoms with E-state index in [1.807, 2.05) is 12.1 Å². The van der Waals surface area contributed by atoms with Crippen molar-refractivity contribution in [2.45, 2.75) is 0 Å². The van der Waals surface area contributed by atoms with Gasteiger partial charge in [-0.2, -0.15) is 0 Å². The average Bonchev–Trinajstić information content (AvgIpc) is 3.45. The number of furan rings is 1. The van der Waals surface area contributed by atoms with Gasteiger partial charge in [-0.3, -0.25) is 0 Å². The van der Waals surface area contributed by atoms with E-state index < -0.39 is 0 Å². The lowest BCUT2D eigenvalue weighted by Gasteiger charge is -2.19. The molecule has 0 atom stereocenters. The normalized spacial score (nSPS) is 11.7. The molecule has 0 aliphatic heterocycles. The molecule has 200 valence electrons. The molecule has 43 heavy (non-hydrogen) atoms. The number of para-hydroxylation sites is 1. The van der Waals surface area contributed by atoms with Crippen LogP contribution in [0.2, 0.25) is 0 Å². The Hall–Kier alpha value is -5.66. The molecule has 0 saturated carbocycles. The molecule has 0 unspecified atom stereocenters. The third kappa shape index (κ3) is 3.65. The first kappa shape index (κ1) is 24.0. The summed E-state index contributed by atoms with van der Waals surface area (Å²) < 4.78 is 6.13. The summed E-state index contributed by atoms with van der Waals surface area (Å²) in [6, 6.07) is 56.8. The molecule has 1 aromatic heterocycles. The van der Waals surface area contributed by atoms with Crippen LogP contribution in [-0.4, -0.2) is 0 Å². The molecule has 9 rings (SSSR count). The molecule has 0 aliphatic carbocycles. The lowest BCUT2D eigenvalue weighted by atomic mass is 9.84. The lowest BCUT2D eigenvalue weighted by Crippen LogP contribution is -1.92. The molecule has 1 heterocycles. The fourth-order valence-corrected chi connectivity index (χ4v) is 7.00. The molecule has 0 aliphatic rings. The van der Waals surface area contributed by atoms with Crippen molar-refractivity contribution in [3.05, 3.63) is 158 Å². The Morgan fingerprint density at radius 2 is 0.767 bits per heavy atom. The van der Waals surface area contributed by atoms with Gasteiger partial charge in [0.1, 0.15) is 11.2 Å². The average molecular weight is 547 g/mol. The molecular weight excluding hydrogens is 520 g/mol. The Labute approximate surface area is 249 Å². The summed E-state index contributed by atoms with van der Waals surface area (Å²) in [5.74, 6) is 0. The molecule has 0 bridgehead atoms. The van der Waals surface area contributed by atoms with E-state index in [-0.39, 0.29) is 0 Å². The van der Waals surface area contributed by atoms with Gasteiger partial charge in [-0.1, -0.05) is 140 Å². The van der Waals surface area contributed by atoms with Crippen LogP contribution < -0.4 is 0 Å². The van der Waals surface area contributed by atoms with Crippen LogP contribution >= 0.6 is 0 Å². The summed E-state index contributed by atoms with van der Waals surface area (Å²) in [6.07, 6.45) is 0. The molecule has 1 heteroatoms. The third-order valence-electron chi connectivity index (χ3n) is 8.88. The van der Waals surface area contributed by atoms with E-state index >= 15 is 0 Å². The fourth-order valence-electron chi connectivity index (χ4n) is 7.00. The number of hydrogen-bond acceptors (Lipinski definition) is 1. The fraction of sp³-hybridized carbons (Fsp3) is 0. The zero-order valence-electron chi connectivity index (χ0n) is 23.4. The highest BCUT2D eigenvalue weighted by Crippen LogP contribution is 2.46. The van der Waals surface area contributed by atoms with E-state index in [2.05, 4.69) is 146 Å². The van der Waals surface area contributed by atoms with Gasteiger partial charge >= 0.3 is 0 Å². The van der Waals surface area contributed by atoms with Crippen molar-refractivity contribution in [3.63, 3.8) is 0 Å². The van der Waals surface area contributed by atoms with E-state index in [4.69, 9.17) is 4.42 Å². The summed E-state index contributed by atoms with van der Waals surface area (Å²) in [6.45, 7) is 0. The summed E-state index contributed by atoms with van der Waals surface area (Å²) in [5, 5.41) is 9.87. The van der Waals surface area contributed by atoms with Crippen molar-refractivity contribution in [2.75, 3.05) is 0 Å².